The number of aryl methyl sites for hydroxylation is 1. The quantitative estimate of drug-likeness (QED) is 0.199. The highest BCUT2D eigenvalue weighted by Crippen LogP contribution is 2.28. The second-order valence-corrected chi connectivity index (χ2v) is 6.49. The molecule has 0 N–H and O–H groups in total. The molecule has 0 saturated carbocycles. The summed E-state index contributed by atoms with van der Waals surface area (Å²) in [6.07, 6.45) is 1.31. The Bertz CT molecular complexity index is 908. The average Bonchev–Trinajstić information content (AvgIpc) is 2.72. The number of methoxy groups -OCH3 is 3. The van der Waals surface area contributed by atoms with Crippen molar-refractivity contribution in [3.63, 3.8) is 0 Å². The molecule has 7 heteroatoms. The minimum Gasteiger partial charge on any atom is -0.503 e. The number of halogens is 1. The minimum atomic E-state index is -0.543. The highest BCUT2D eigenvalue weighted by molar-refractivity contribution is 6.32. The van der Waals surface area contributed by atoms with Crippen molar-refractivity contribution in [1.82, 2.24) is 0 Å². The van der Waals surface area contributed by atoms with Gasteiger partial charge in [0, 0.05) is 28.8 Å². The normalized spacial score (nSPS) is 11.9. The van der Waals surface area contributed by atoms with Crippen LogP contribution in [0.3, 0.4) is 0 Å². The third kappa shape index (κ3) is 5.82. The molecule has 0 fully saturated rings. The van der Waals surface area contributed by atoms with E-state index in [9.17, 15) is 4.79 Å². The Morgan fingerprint density at radius 2 is 1.79 bits per heavy atom. The Labute approximate surface area is 175 Å². The number of rotatable bonds is 9. The third-order valence-electron chi connectivity index (χ3n) is 4.17. The number of benzene rings is 2. The van der Waals surface area contributed by atoms with Gasteiger partial charge in [-0.15, -0.1) is 0 Å². The van der Waals surface area contributed by atoms with Gasteiger partial charge in [-0.2, -0.15) is 0 Å². The van der Waals surface area contributed by atoms with Gasteiger partial charge in [0.25, 0.3) is 0 Å². The van der Waals surface area contributed by atoms with Crippen molar-refractivity contribution in [3.8, 4) is 0 Å². The molecule has 0 heterocycles. The standard InChI is InChI=1S/C22H24ClNO5/c1-15-8-5-6-9-16(15)21(14-27-3)24-29-13-18-17(10-7-11-20(18)23)19(12-26-2)22(25)28-4/h5-12H,13-14H2,1-4H3/b19-12+,24-21+. The molecule has 0 unspecified atom stereocenters. The molecule has 0 atom stereocenters. The van der Waals surface area contributed by atoms with E-state index in [0.717, 1.165) is 11.1 Å². The van der Waals surface area contributed by atoms with E-state index in [4.69, 9.17) is 30.6 Å². The van der Waals surface area contributed by atoms with Crippen molar-refractivity contribution in [2.24, 2.45) is 5.16 Å². The molecule has 6 nitrogen and oxygen atoms in total. The van der Waals surface area contributed by atoms with Crippen LogP contribution in [0, 0.1) is 6.92 Å². The van der Waals surface area contributed by atoms with Gasteiger partial charge in [-0.25, -0.2) is 4.79 Å². The number of ether oxygens (including phenoxy) is 3. The first-order chi connectivity index (χ1) is 14.0. The zero-order valence-corrected chi connectivity index (χ0v) is 17.7. The average molecular weight is 418 g/mol. The number of carbonyl (C=O) groups excluding carboxylic acids is 1. The molecular weight excluding hydrogens is 394 g/mol. The zero-order chi connectivity index (χ0) is 21.2. The maximum absolute atomic E-state index is 12.2. The molecule has 2 rings (SSSR count). The van der Waals surface area contributed by atoms with E-state index >= 15 is 0 Å². The number of hydrogen-bond acceptors (Lipinski definition) is 6. The molecule has 0 aliphatic heterocycles. The highest BCUT2D eigenvalue weighted by atomic mass is 35.5. The van der Waals surface area contributed by atoms with Crippen LogP contribution in [-0.4, -0.2) is 39.6 Å². The van der Waals surface area contributed by atoms with E-state index in [-0.39, 0.29) is 18.8 Å². The number of oxime groups is 1. The second kappa shape index (κ2) is 11.2. The van der Waals surface area contributed by atoms with Gasteiger partial charge in [0.05, 0.1) is 27.1 Å². The molecule has 0 saturated heterocycles. The summed E-state index contributed by atoms with van der Waals surface area (Å²) in [4.78, 5) is 17.8. The fourth-order valence-electron chi connectivity index (χ4n) is 2.77. The molecule has 2 aromatic rings. The van der Waals surface area contributed by atoms with Gasteiger partial charge in [0.2, 0.25) is 0 Å². The van der Waals surface area contributed by atoms with Crippen LogP contribution in [0.5, 0.6) is 0 Å². The second-order valence-electron chi connectivity index (χ2n) is 6.08. The molecule has 0 aliphatic carbocycles. The summed E-state index contributed by atoms with van der Waals surface area (Å²) in [6, 6.07) is 13.0. The van der Waals surface area contributed by atoms with Gasteiger partial charge in [-0.3, -0.25) is 0 Å². The minimum absolute atomic E-state index is 0.0478. The Morgan fingerprint density at radius 1 is 1.07 bits per heavy atom. The lowest BCUT2D eigenvalue weighted by molar-refractivity contribution is -0.133. The van der Waals surface area contributed by atoms with Crippen LogP contribution in [0.2, 0.25) is 5.02 Å². The summed E-state index contributed by atoms with van der Waals surface area (Å²) < 4.78 is 15.1. The largest absolute Gasteiger partial charge is 0.503 e. The highest BCUT2D eigenvalue weighted by Gasteiger charge is 2.19. The molecule has 0 radical (unpaired) electrons. The molecule has 0 bridgehead atoms. The van der Waals surface area contributed by atoms with Gasteiger partial charge in [0.1, 0.15) is 17.9 Å². The molecule has 0 spiro atoms. The third-order valence-corrected chi connectivity index (χ3v) is 4.52. The van der Waals surface area contributed by atoms with E-state index in [0.29, 0.717) is 21.9 Å². The zero-order valence-electron chi connectivity index (χ0n) is 16.9. The number of hydrogen-bond donors (Lipinski definition) is 0. The number of esters is 1. The van der Waals surface area contributed by atoms with Crippen LogP contribution >= 0.6 is 11.6 Å². The van der Waals surface area contributed by atoms with Crippen LogP contribution in [0.25, 0.3) is 5.57 Å². The maximum Gasteiger partial charge on any atom is 0.341 e. The molecule has 0 aromatic heterocycles. The van der Waals surface area contributed by atoms with E-state index < -0.39 is 5.97 Å². The first-order valence-electron chi connectivity index (χ1n) is 8.86. The Morgan fingerprint density at radius 3 is 2.45 bits per heavy atom. The van der Waals surface area contributed by atoms with Crippen molar-refractivity contribution in [2.45, 2.75) is 13.5 Å². The predicted octanol–water partition coefficient (Wildman–Crippen LogP) is 4.38. The summed E-state index contributed by atoms with van der Waals surface area (Å²) in [5.41, 5.74) is 4.01. The first kappa shape index (κ1) is 22.5. The summed E-state index contributed by atoms with van der Waals surface area (Å²) in [5.74, 6) is -0.543. The fourth-order valence-corrected chi connectivity index (χ4v) is 3.00. The Balaban J connectivity index is 2.34. The van der Waals surface area contributed by atoms with E-state index in [1.54, 1.807) is 25.3 Å². The predicted molar refractivity (Wildman–Crippen MR) is 113 cm³/mol. The summed E-state index contributed by atoms with van der Waals surface area (Å²) in [5, 5.41) is 4.70. The number of nitrogens with zero attached hydrogens (tertiary/aromatic N) is 1. The molecule has 154 valence electrons. The SMILES string of the molecule is CO/C=C(/C(=O)OC)c1cccc(Cl)c1CO/N=C(\COC)c1ccccc1C. The Hall–Kier alpha value is -2.83. The van der Waals surface area contributed by atoms with Crippen molar-refractivity contribution in [3.05, 3.63) is 76.0 Å². The summed E-state index contributed by atoms with van der Waals surface area (Å²) in [7, 11) is 4.35. The molecular formula is C22H24ClNO5. The Kier molecular flexibility index (Phi) is 8.70. The topological polar surface area (TPSA) is 66.4 Å². The van der Waals surface area contributed by atoms with Crippen LogP contribution in [-0.2, 0) is 30.4 Å². The first-order valence-corrected chi connectivity index (χ1v) is 9.24. The smallest absolute Gasteiger partial charge is 0.341 e. The van der Waals surface area contributed by atoms with Crippen LogP contribution < -0.4 is 0 Å². The molecule has 2 aromatic carbocycles. The number of carbonyl (C=O) groups is 1. The lowest BCUT2D eigenvalue weighted by Crippen LogP contribution is -2.12. The van der Waals surface area contributed by atoms with E-state index in [2.05, 4.69) is 5.16 Å². The van der Waals surface area contributed by atoms with Crippen LogP contribution in [0.1, 0.15) is 22.3 Å². The van der Waals surface area contributed by atoms with Crippen LogP contribution in [0.15, 0.2) is 53.9 Å². The van der Waals surface area contributed by atoms with Crippen molar-refractivity contribution >= 4 is 28.9 Å². The fraction of sp³-hybridized carbons (Fsp3) is 0.273. The summed E-state index contributed by atoms with van der Waals surface area (Å²) in [6.45, 7) is 2.33. The van der Waals surface area contributed by atoms with Crippen molar-refractivity contribution in [2.75, 3.05) is 27.9 Å². The van der Waals surface area contributed by atoms with Crippen molar-refractivity contribution < 1.29 is 23.8 Å². The van der Waals surface area contributed by atoms with Gasteiger partial charge in [-0.1, -0.05) is 53.2 Å². The van der Waals surface area contributed by atoms with Crippen molar-refractivity contribution in [1.29, 1.82) is 0 Å². The monoisotopic (exact) mass is 417 g/mol. The van der Waals surface area contributed by atoms with E-state index in [1.165, 1.54) is 20.5 Å². The lowest BCUT2D eigenvalue weighted by atomic mass is 10.0. The maximum atomic E-state index is 12.2. The molecule has 0 aliphatic rings. The lowest BCUT2D eigenvalue weighted by Gasteiger charge is -2.13. The van der Waals surface area contributed by atoms with Crippen LogP contribution in [0.4, 0.5) is 0 Å². The van der Waals surface area contributed by atoms with Gasteiger partial charge < -0.3 is 19.0 Å². The summed E-state index contributed by atoms with van der Waals surface area (Å²) >= 11 is 6.37. The van der Waals surface area contributed by atoms with Gasteiger partial charge in [0.15, 0.2) is 0 Å². The molecule has 29 heavy (non-hydrogen) atoms. The van der Waals surface area contributed by atoms with Gasteiger partial charge in [-0.05, 0) is 18.6 Å². The van der Waals surface area contributed by atoms with Gasteiger partial charge >= 0.3 is 5.97 Å². The van der Waals surface area contributed by atoms with E-state index in [1.807, 2.05) is 31.2 Å². The molecule has 0 amide bonds.